The van der Waals surface area contributed by atoms with Crippen LogP contribution in [0.15, 0.2) is 59.5 Å². The second kappa shape index (κ2) is 9.26. The van der Waals surface area contributed by atoms with Crippen LogP contribution in [0.3, 0.4) is 0 Å². The number of hydrogen-bond acceptors (Lipinski definition) is 5. The molecule has 1 fully saturated rings. The normalized spacial score (nSPS) is 14.7. The van der Waals surface area contributed by atoms with Crippen LogP contribution in [0.4, 0.5) is 5.69 Å². The van der Waals surface area contributed by atoms with Crippen LogP contribution in [-0.4, -0.2) is 48.3 Å². The van der Waals surface area contributed by atoms with E-state index in [1.807, 2.05) is 6.07 Å². The fraction of sp³-hybridized carbons (Fsp3) is 0.333. The summed E-state index contributed by atoms with van der Waals surface area (Å²) >= 11 is 0. The summed E-state index contributed by atoms with van der Waals surface area (Å²) in [6, 6.07) is 17.6. The quantitative estimate of drug-likeness (QED) is 0.592. The molecule has 0 aromatic heterocycles. The van der Waals surface area contributed by atoms with Crippen molar-refractivity contribution < 1.29 is 13.2 Å². The van der Waals surface area contributed by atoms with Gasteiger partial charge in [0.2, 0.25) is 10.0 Å². The molecule has 0 amide bonds. The number of anilines is 1. The molecule has 0 radical (unpaired) electrons. The second-order valence-corrected chi connectivity index (χ2v) is 9.63. The number of ether oxygens (including phenoxy) is 1. The van der Waals surface area contributed by atoms with Gasteiger partial charge in [-0.05, 0) is 47.9 Å². The summed E-state index contributed by atoms with van der Waals surface area (Å²) in [7, 11) is -2.02. The molecule has 1 aliphatic heterocycles. The van der Waals surface area contributed by atoms with Gasteiger partial charge in [0, 0.05) is 32.7 Å². The minimum Gasteiger partial charge on any atom is -0.495 e. The van der Waals surface area contributed by atoms with E-state index in [2.05, 4.69) is 52.2 Å². The molecule has 0 spiro atoms. The maximum Gasteiger partial charge on any atom is 0.240 e. The van der Waals surface area contributed by atoms with Crippen molar-refractivity contribution in [3.8, 4) is 5.75 Å². The maximum absolute atomic E-state index is 13.0. The van der Waals surface area contributed by atoms with Gasteiger partial charge in [-0.2, -0.15) is 0 Å². The maximum atomic E-state index is 13.0. The number of hydrogen-bond donors (Lipinski definition) is 2. The highest BCUT2D eigenvalue weighted by atomic mass is 32.2. The number of nitrogens with zero attached hydrogens (tertiary/aromatic N) is 1. The lowest BCUT2D eigenvalue weighted by Crippen LogP contribution is -2.43. The molecule has 0 saturated carbocycles. The Labute approximate surface area is 184 Å². The summed E-state index contributed by atoms with van der Waals surface area (Å²) in [4.78, 5) is 2.42. The first-order valence-corrected chi connectivity index (χ1v) is 12.1. The minimum absolute atomic E-state index is 0.260. The molecule has 0 aliphatic carbocycles. The van der Waals surface area contributed by atoms with Crippen LogP contribution in [0.25, 0.3) is 10.8 Å². The molecule has 1 heterocycles. The number of fused-ring (bicyclic) bond motifs is 1. The van der Waals surface area contributed by atoms with E-state index >= 15 is 0 Å². The van der Waals surface area contributed by atoms with E-state index in [1.165, 1.54) is 16.3 Å². The highest BCUT2D eigenvalue weighted by Crippen LogP contribution is 2.31. The number of rotatable bonds is 7. The zero-order valence-corrected chi connectivity index (χ0v) is 18.8. The minimum atomic E-state index is -3.63. The number of methoxy groups -OCH3 is 1. The van der Waals surface area contributed by atoms with E-state index in [-0.39, 0.29) is 4.90 Å². The Balaban J connectivity index is 1.51. The highest BCUT2D eigenvalue weighted by Gasteiger charge is 2.20. The van der Waals surface area contributed by atoms with Crippen LogP contribution < -0.4 is 19.7 Å². The first-order valence-electron chi connectivity index (χ1n) is 10.6. The first-order chi connectivity index (χ1) is 15.0. The number of sulfonamides is 1. The highest BCUT2D eigenvalue weighted by molar-refractivity contribution is 7.89. The van der Waals surface area contributed by atoms with Crippen molar-refractivity contribution in [1.29, 1.82) is 0 Å². The van der Waals surface area contributed by atoms with Crippen molar-refractivity contribution in [2.45, 2.75) is 18.2 Å². The molecule has 0 bridgehead atoms. The zero-order chi connectivity index (χ0) is 21.8. The van der Waals surface area contributed by atoms with E-state index < -0.39 is 10.0 Å². The third-order valence-electron chi connectivity index (χ3n) is 5.73. The number of nitrogens with one attached hydrogen (secondary N) is 2. The lowest BCUT2D eigenvalue weighted by molar-refractivity contribution is 0.412. The molecule has 0 unspecified atom stereocenters. The van der Waals surface area contributed by atoms with Crippen molar-refractivity contribution >= 4 is 26.5 Å². The summed E-state index contributed by atoms with van der Waals surface area (Å²) in [5.41, 5.74) is 3.15. The van der Waals surface area contributed by atoms with Crippen molar-refractivity contribution in [2.75, 3.05) is 44.7 Å². The van der Waals surface area contributed by atoms with Gasteiger partial charge in [0.1, 0.15) is 5.75 Å². The molecule has 4 rings (SSSR count). The standard InChI is InChI=1S/C24H29N3O3S/c1-18-6-7-19-4-3-5-20(22(19)16-18)10-11-26-31(28,29)21-8-9-24(30-2)23(17-21)27-14-12-25-13-15-27/h3-9,16-17,25-26H,10-15H2,1-2H3. The Morgan fingerprint density at radius 3 is 2.65 bits per heavy atom. The summed E-state index contributed by atoms with van der Waals surface area (Å²) < 4.78 is 34.2. The van der Waals surface area contributed by atoms with Gasteiger partial charge in [0.15, 0.2) is 0 Å². The predicted octanol–water partition coefficient (Wildman–Crippen LogP) is 3.09. The van der Waals surface area contributed by atoms with Crippen molar-refractivity contribution in [2.24, 2.45) is 0 Å². The molecule has 164 valence electrons. The van der Waals surface area contributed by atoms with Gasteiger partial charge in [-0.15, -0.1) is 0 Å². The average molecular weight is 440 g/mol. The Morgan fingerprint density at radius 2 is 1.87 bits per heavy atom. The second-order valence-electron chi connectivity index (χ2n) is 7.86. The zero-order valence-electron chi connectivity index (χ0n) is 18.0. The van der Waals surface area contributed by atoms with Gasteiger partial charge in [-0.25, -0.2) is 13.1 Å². The first kappa shape index (κ1) is 21.6. The van der Waals surface area contributed by atoms with Crippen LogP contribution >= 0.6 is 0 Å². The fourth-order valence-electron chi connectivity index (χ4n) is 4.06. The van der Waals surface area contributed by atoms with Crippen LogP contribution in [-0.2, 0) is 16.4 Å². The summed E-state index contributed by atoms with van der Waals surface area (Å²) in [6.07, 6.45) is 0.626. The number of benzene rings is 3. The van der Waals surface area contributed by atoms with Gasteiger partial charge < -0.3 is 15.0 Å². The number of aryl methyl sites for hydroxylation is 1. The monoisotopic (exact) mass is 439 g/mol. The lowest BCUT2D eigenvalue weighted by Gasteiger charge is -2.30. The van der Waals surface area contributed by atoms with Crippen LogP contribution in [0.1, 0.15) is 11.1 Å². The average Bonchev–Trinajstić information content (AvgIpc) is 2.79. The van der Waals surface area contributed by atoms with Gasteiger partial charge in [-0.3, -0.25) is 0 Å². The lowest BCUT2D eigenvalue weighted by atomic mass is 10.0. The molecule has 1 saturated heterocycles. The molecule has 1 aliphatic rings. The van der Waals surface area contributed by atoms with E-state index in [1.54, 1.807) is 25.3 Å². The Kier molecular flexibility index (Phi) is 6.46. The Bertz CT molecular complexity index is 1170. The van der Waals surface area contributed by atoms with Crippen molar-refractivity contribution in [3.05, 3.63) is 65.7 Å². The number of piperazine rings is 1. The SMILES string of the molecule is COc1ccc(S(=O)(=O)NCCc2cccc3ccc(C)cc23)cc1N1CCNCC1. The Morgan fingerprint density at radius 1 is 1.06 bits per heavy atom. The van der Waals surface area contributed by atoms with E-state index in [0.717, 1.165) is 37.4 Å². The topological polar surface area (TPSA) is 70.7 Å². The van der Waals surface area contributed by atoms with E-state index in [0.29, 0.717) is 18.7 Å². The van der Waals surface area contributed by atoms with Gasteiger partial charge in [0.25, 0.3) is 0 Å². The molecule has 2 N–H and O–H groups in total. The Hall–Kier alpha value is -2.61. The molecule has 3 aromatic carbocycles. The van der Waals surface area contributed by atoms with Crippen molar-refractivity contribution in [1.82, 2.24) is 10.0 Å². The van der Waals surface area contributed by atoms with Crippen LogP contribution in [0, 0.1) is 6.92 Å². The van der Waals surface area contributed by atoms with Gasteiger partial charge in [0.05, 0.1) is 17.7 Å². The van der Waals surface area contributed by atoms with Crippen molar-refractivity contribution in [3.63, 3.8) is 0 Å². The molecule has 3 aromatic rings. The van der Waals surface area contributed by atoms with E-state index in [9.17, 15) is 8.42 Å². The largest absolute Gasteiger partial charge is 0.495 e. The molecular weight excluding hydrogens is 410 g/mol. The smallest absolute Gasteiger partial charge is 0.240 e. The molecule has 0 atom stereocenters. The predicted molar refractivity (Wildman–Crippen MR) is 126 cm³/mol. The van der Waals surface area contributed by atoms with E-state index in [4.69, 9.17) is 4.74 Å². The van der Waals surface area contributed by atoms with Gasteiger partial charge >= 0.3 is 0 Å². The third kappa shape index (κ3) is 4.84. The molecule has 6 nitrogen and oxygen atoms in total. The third-order valence-corrected chi connectivity index (χ3v) is 7.19. The van der Waals surface area contributed by atoms with Crippen LogP contribution in [0.5, 0.6) is 5.75 Å². The summed E-state index contributed by atoms with van der Waals surface area (Å²) in [5, 5.41) is 5.65. The summed E-state index contributed by atoms with van der Waals surface area (Å²) in [5.74, 6) is 0.687. The summed E-state index contributed by atoms with van der Waals surface area (Å²) in [6.45, 7) is 5.76. The van der Waals surface area contributed by atoms with Gasteiger partial charge in [-0.1, -0.05) is 42.0 Å². The van der Waals surface area contributed by atoms with Crippen LogP contribution in [0.2, 0.25) is 0 Å². The fourth-order valence-corrected chi connectivity index (χ4v) is 5.11. The molecular formula is C24H29N3O3S. The molecule has 31 heavy (non-hydrogen) atoms. The molecule has 7 heteroatoms.